The molecule has 147 valence electrons. The molecule has 3 rings (SSSR count). The molecule has 28 heavy (non-hydrogen) atoms. The molecule has 2 aromatic carbocycles. The molecule has 0 saturated carbocycles. The molecule has 2 aromatic rings. The second-order valence-corrected chi connectivity index (χ2v) is 9.98. The van der Waals surface area contributed by atoms with Crippen LogP contribution in [0.2, 0.25) is 0 Å². The molecule has 1 aliphatic heterocycles. The van der Waals surface area contributed by atoms with Crippen molar-refractivity contribution in [2.75, 3.05) is 13.2 Å². The molecule has 1 aliphatic rings. The summed E-state index contributed by atoms with van der Waals surface area (Å²) in [5, 5.41) is 2.26. The van der Waals surface area contributed by atoms with Crippen LogP contribution >= 0.6 is 0 Å². The van der Waals surface area contributed by atoms with E-state index in [9.17, 15) is 9.59 Å². The number of nitrogens with zero attached hydrogens (tertiary/aromatic N) is 1. The molecule has 1 radical (unpaired) electrons. The fourth-order valence-corrected chi connectivity index (χ4v) is 5.15. The number of likely N-dealkylation sites (tertiary alicyclic amines) is 1. The van der Waals surface area contributed by atoms with E-state index in [0.717, 1.165) is 10.4 Å². The Bertz CT molecular complexity index is 765. The summed E-state index contributed by atoms with van der Waals surface area (Å²) >= 11 is 0. The van der Waals surface area contributed by atoms with E-state index < -0.39 is 20.7 Å². The van der Waals surface area contributed by atoms with Crippen molar-refractivity contribution in [3.8, 4) is 0 Å². The van der Waals surface area contributed by atoms with Crippen LogP contribution in [0.25, 0.3) is 0 Å². The molecule has 1 amide bonds. The fraction of sp³-hybridized carbons (Fsp3) is 0.364. The lowest BCUT2D eigenvalue weighted by Gasteiger charge is -2.28. The van der Waals surface area contributed by atoms with Gasteiger partial charge in [-0.25, -0.2) is 4.79 Å². The Labute approximate surface area is 168 Å². The van der Waals surface area contributed by atoms with Gasteiger partial charge in [0.15, 0.2) is 5.78 Å². The molecule has 0 spiro atoms. The Kier molecular flexibility index (Phi) is 6.31. The van der Waals surface area contributed by atoms with Gasteiger partial charge in [-0.3, -0.25) is 9.69 Å². The topological polar surface area (TPSA) is 55.8 Å². The van der Waals surface area contributed by atoms with Crippen LogP contribution in [-0.4, -0.2) is 50.6 Å². The van der Waals surface area contributed by atoms with Crippen molar-refractivity contribution in [1.82, 2.24) is 4.90 Å². The van der Waals surface area contributed by atoms with Crippen LogP contribution in [-0.2, 0) is 14.0 Å². The molecule has 5 nitrogen and oxygen atoms in total. The van der Waals surface area contributed by atoms with Crippen LogP contribution in [0.3, 0.4) is 0 Å². The van der Waals surface area contributed by atoms with Gasteiger partial charge in [0.25, 0.3) is 9.04 Å². The Morgan fingerprint density at radius 1 is 1.04 bits per heavy atom. The van der Waals surface area contributed by atoms with Crippen molar-refractivity contribution >= 4 is 31.3 Å². The molecule has 6 heteroatoms. The maximum atomic E-state index is 12.5. The molecule has 0 unspecified atom stereocenters. The second kappa shape index (κ2) is 8.71. The number of ketones is 1. The van der Waals surface area contributed by atoms with Gasteiger partial charge in [0.2, 0.25) is 0 Å². The molecule has 0 aromatic heterocycles. The van der Waals surface area contributed by atoms with Crippen molar-refractivity contribution < 1.29 is 18.8 Å². The minimum Gasteiger partial charge on any atom is -0.444 e. The van der Waals surface area contributed by atoms with Crippen LogP contribution in [0.4, 0.5) is 4.79 Å². The molecule has 0 aliphatic carbocycles. The highest BCUT2D eigenvalue weighted by Gasteiger charge is 2.37. The lowest BCUT2D eigenvalue weighted by Crippen LogP contribution is -2.48. The van der Waals surface area contributed by atoms with Gasteiger partial charge >= 0.3 is 6.09 Å². The smallest absolute Gasteiger partial charge is 0.411 e. The normalized spacial score (nSPS) is 17.2. The average molecular weight is 397 g/mol. The maximum absolute atomic E-state index is 12.5. The van der Waals surface area contributed by atoms with Crippen LogP contribution in [0, 0.1) is 0 Å². The van der Waals surface area contributed by atoms with E-state index in [1.54, 1.807) is 0 Å². The van der Waals surface area contributed by atoms with E-state index in [4.69, 9.17) is 9.16 Å². The summed E-state index contributed by atoms with van der Waals surface area (Å²) in [5.74, 6) is 0.0349. The number of amides is 1. The van der Waals surface area contributed by atoms with Gasteiger partial charge in [0.05, 0.1) is 19.2 Å². The van der Waals surface area contributed by atoms with E-state index in [1.807, 2.05) is 57.2 Å². The quantitative estimate of drug-likeness (QED) is 0.728. The Balaban J connectivity index is 1.75. The minimum absolute atomic E-state index is 0.0349. The van der Waals surface area contributed by atoms with E-state index in [2.05, 4.69) is 24.3 Å². The Morgan fingerprint density at radius 3 is 2.07 bits per heavy atom. The van der Waals surface area contributed by atoms with Gasteiger partial charge in [0, 0.05) is 6.42 Å². The highest BCUT2D eigenvalue weighted by Crippen LogP contribution is 2.19. The van der Waals surface area contributed by atoms with E-state index in [1.165, 1.54) is 4.90 Å². The summed E-state index contributed by atoms with van der Waals surface area (Å²) in [6, 6.07) is 19.9. The van der Waals surface area contributed by atoms with Crippen LogP contribution < -0.4 is 10.4 Å². The second-order valence-electron chi connectivity index (χ2n) is 7.88. The third kappa shape index (κ3) is 5.30. The first-order valence-corrected chi connectivity index (χ1v) is 10.9. The van der Waals surface area contributed by atoms with Gasteiger partial charge in [-0.05, 0) is 31.1 Å². The number of hydrogen-bond acceptors (Lipinski definition) is 4. The molecule has 1 heterocycles. The zero-order valence-electron chi connectivity index (χ0n) is 16.6. The van der Waals surface area contributed by atoms with Crippen molar-refractivity contribution in [1.29, 1.82) is 0 Å². The van der Waals surface area contributed by atoms with Crippen molar-refractivity contribution in [2.45, 2.75) is 38.8 Å². The highest BCUT2D eigenvalue weighted by molar-refractivity contribution is 6.80. The number of rotatable bonds is 5. The molecule has 1 fully saturated rings. The van der Waals surface area contributed by atoms with E-state index in [-0.39, 0.29) is 18.4 Å². The molecule has 0 N–H and O–H groups in total. The number of Topliss-reactive ketones (excluding diaryl/α,β-unsaturated/α-hetero) is 1. The third-order valence-electron chi connectivity index (χ3n) is 4.37. The zero-order valence-corrected chi connectivity index (χ0v) is 17.6. The van der Waals surface area contributed by atoms with Crippen LogP contribution in [0.1, 0.15) is 27.2 Å². The molecular weight excluding hydrogens is 370 g/mol. The van der Waals surface area contributed by atoms with Gasteiger partial charge < -0.3 is 9.16 Å². The van der Waals surface area contributed by atoms with E-state index in [0.29, 0.717) is 13.0 Å². The Hall–Kier alpha value is -2.44. The first-order chi connectivity index (χ1) is 13.3. The average Bonchev–Trinajstić information content (AvgIpc) is 3.03. The lowest BCUT2D eigenvalue weighted by atomic mass is 10.2. The molecule has 1 atom stereocenters. The largest absolute Gasteiger partial charge is 0.444 e. The zero-order chi connectivity index (χ0) is 20.1. The predicted molar refractivity (Wildman–Crippen MR) is 110 cm³/mol. The van der Waals surface area contributed by atoms with Crippen LogP contribution in [0.15, 0.2) is 60.7 Å². The summed E-state index contributed by atoms with van der Waals surface area (Å²) in [6.07, 6.45) is -0.155. The molecule has 1 saturated heterocycles. The molecule has 0 bridgehead atoms. The minimum atomic E-state index is -1.48. The lowest BCUT2D eigenvalue weighted by molar-refractivity contribution is -0.117. The SMILES string of the molecule is CC(C)(C)OC(=O)N1CC(=O)C[C@@H]1CO[Si](c1ccccc1)c1ccccc1. The van der Waals surface area contributed by atoms with Crippen LogP contribution in [0.5, 0.6) is 0 Å². The van der Waals surface area contributed by atoms with Crippen molar-refractivity contribution in [3.05, 3.63) is 60.7 Å². The number of hydrogen-bond donors (Lipinski definition) is 0. The summed E-state index contributed by atoms with van der Waals surface area (Å²) in [5.41, 5.74) is -0.600. The summed E-state index contributed by atoms with van der Waals surface area (Å²) < 4.78 is 11.8. The van der Waals surface area contributed by atoms with E-state index >= 15 is 0 Å². The Morgan fingerprint density at radius 2 is 1.57 bits per heavy atom. The number of ether oxygens (including phenoxy) is 1. The summed E-state index contributed by atoms with van der Waals surface area (Å²) in [6.45, 7) is 5.85. The van der Waals surface area contributed by atoms with Crippen molar-refractivity contribution in [2.24, 2.45) is 0 Å². The molecular formula is C22H26NO4Si. The van der Waals surface area contributed by atoms with Crippen molar-refractivity contribution in [3.63, 3.8) is 0 Å². The number of carbonyl (C=O) groups is 2. The first kappa shape index (κ1) is 20.3. The number of benzene rings is 2. The third-order valence-corrected chi connectivity index (χ3v) is 6.54. The van der Waals surface area contributed by atoms with Gasteiger partial charge in [0.1, 0.15) is 5.60 Å². The fourth-order valence-electron chi connectivity index (χ4n) is 3.13. The first-order valence-electron chi connectivity index (χ1n) is 9.45. The standard InChI is InChI=1S/C22H26NO4Si/c1-22(2,3)27-21(25)23-15-18(24)14-17(23)16-26-28(19-10-6-4-7-11-19)20-12-8-5-9-13-20/h4-13,17H,14-16H2,1-3H3/t17-/m1/s1. The summed E-state index contributed by atoms with van der Waals surface area (Å²) in [4.78, 5) is 26.0. The highest BCUT2D eigenvalue weighted by atomic mass is 28.3. The summed E-state index contributed by atoms with van der Waals surface area (Å²) in [7, 11) is -1.48. The number of carbonyl (C=O) groups excluding carboxylic acids is 2. The maximum Gasteiger partial charge on any atom is 0.411 e. The monoisotopic (exact) mass is 396 g/mol. The predicted octanol–water partition coefficient (Wildman–Crippen LogP) is 2.39. The van der Waals surface area contributed by atoms with Gasteiger partial charge in [-0.15, -0.1) is 0 Å². The van der Waals surface area contributed by atoms with Gasteiger partial charge in [-0.2, -0.15) is 0 Å². The van der Waals surface area contributed by atoms with Gasteiger partial charge in [-0.1, -0.05) is 60.7 Å².